The maximum absolute atomic E-state index is 12.0. The van der Waals surface area contributed by atoms with E-state index in [1.165, 1.54) is 0 Å². The molecule has 76 valence electrons. The highest BCUT2D eigenvalue weighted by atomic mass is 19.4. The van der Waals surface area contributed by atoms with Crippen LogP contribution in [0, 0.1) is 5.41 Å². The summed E-state index contributed by atoms with van der Waals surface area (Å²) < 4.78 is 35.9. The van der Waals surface area contributed by atoms with Crippen molar-refractivity contribution in [2.24, 2.45) is 11.1 Å². The third-order valence-electron chi connectivity index (χ3n) is 3.59. The average Bonchev–Trinajstić information content (AvgIpc) is 2.78. The molecule has 0 saturated heterocycles. The Labute approximate surface area is 75.5 Å². The van der Waals surface area contributed by atoms with Gasteiger partial charge in [-0.15, -0.1) is 0 Å². The summed E-state index contributed by atoms with van der Waals surface area (Å²) in [7, 11) is 0. The van der Waals surface area contributed by atoms with Crippen molar-refractivity contribution < 1.29 is 13.2 Å². The normalized spacial score (nSPS) is 28.6. The summed E-state index contributed by atoms with van der Waals surface area (Å²) in [6.07, 6.45) is -0.783. The van der Waals surface area contributed by atoms with Gasteiger partial charge < -0.3 is 5.73 Å². The molecule has 2 rings (SSSR count). The number of halogens is 3. The molecule has 2 aliphatic carbocycles. The standard InChI is InChI=1S/C9H14F3N/c10-9(11,12)6-3-7(1-2-7)8(13)4-5-8/h1-6,13H2. The molecular formula is C9H14F3N. The summed E-state index contributed by atoms with van der Waals surface area (Å²) >= 11 is 0. The summed E-state index contributed by atoms with van der Waals surface area (Å²) in [6.45, 7) is 0. The van der Waals surface area contributed by atoms with Crippen LogP contribution >= 0.6 is 0 Å². The molecule has 2 saturated carbocycles. The van der Waals surface area contributed by atoms with E-state index in [2.05, 4.69) is 0 Å². The topological polar surface area (TPSA) is 26.0 Å². The first-order valence-electron chi connectivity index (χ1n) is 4.73. The van der Waals surface area contributed by atoms with Gasteiger partial charge in [0.05, 0.1) is 0 Å². The molecule has 0 radical (unpaired) electrons. The van der Waals surface area contributed by atoms with Gasteiger partial charge in [0, 0.05) is 12.0 Å². The van der Waals surface area contributed by atoms with Crippen LogP contribution in [0.3, 0.4) is 0 Å². The zero-order valence-electron chi connectivity index (χ0n) is 7.45. The third-order valence-corrected chi connectivity index (χ3v) is 3.59. The molecule has 13 heavy (non-hydrogen) atoms. The van der Waals surface area contributed by atoms with Gasteiger partial charge in [-0.25, -0.2) is 0 Å². The minimum absolute atomic E-state index is 0.136. The summed E-state index contributed by atoms with van der Waals surface area (Å²) in [4.78, 5) is 0. The van der Waals surface area contributed by atoms with Crippen LogP contribution in [0.25, 0.3) is 0 Å². The molecule has 2 aliphatic rings. The van der Waals surface area contributed by atoms with Crippen molar-refractivity contribution in [3.63, 3.8) is 0 Å². The molecule has 2 N–H and O–H groups in total. The summed E-state index contributed by atoms with van der Waals surface area (Å²) in [5, 5.41) is 0. The molecule has 0 unspecified atom stereocenters. The molecule has 0 bridgehead atoms. The van der Waals surface area contributed by atoms with E-state index < -0.39 is 12.6 Å². The first kappa shape index (κ1) is 9.31. The van der Waals surface area contributed by atoms with E-state index >= 15 is 0 Å². The second-order valence-electron chi connectivity index (χ2n) is 4.55. The van der Waals surface area contributed by atoms with Crippen LogP contribution in [0.15, 0.2) is 0 Å². The Hall–Kier alpha value is -0.250. The minimum atomic E-state index is -4.01. The van der Waals surface area contributed by atoms with Crippen LogP contribution in [0.4, 0.5) is 13.2 Å². The summed E-state index contributed by atoms with van der Waals surface area (Å²) in [6, 6.07) is 0. The predicted octanol–water partition coefficient (Wildman–Crippen LogP) is 2.60. The first-order chi connectivity index (χ1) is 5.87. The monoisotopic (exact) mass is 193 g/mol. The maximum atomic E-state index is 12.0. The fourth-order valence-electron chi connectivity index (χ4n) is 2.19. The van der Waals surface area contributed by atoms with Crippen molar-refractivity contribution in [3.8, 4) is 0 Å². The number of hydrogen-bond donors (Lipinski definition) is 1. The Morgan fingerprint density at radius 1 is 1.08 bits per heavy atom. The van der Waals surface area contributed by atoms with Crippen LogP contribution < -0.4 is 5.73 Å². The highest BCUT2D eigenvalue weighted by molar-refractivity contribution is 5.18. The highest BCUT2D eigenvalue weighted by Gasteiger charge is 2.63. The Kier molecular flexibility index (Phi) is 1.72. The minimum Gasteiger partial charge on any atom is -0.325 e. The molecule has 0 amide bonds. The lowest BCUT2D eigenvalue weighted by atomic mass is 9.89. The average molecular weight is 193 g/mol. The quantitative estimate of drug-likeness (QED) is 0.732. The predicted molar refractivity (Wildman–Crippen MR) is 43.1 cm³/mol. The zero-order valence-corrected chi connectivity index (χ0v) is 7.45. The van der Waals surface area contributed by atoms with Crippen LogP contribution in [0.2, 0.25) is 0 Å². The third kappa shape index (κ3) is 1.68. The lowest BCUT2D eigenvalue weighted by Crippen LogP contribution is -2.34. The molecule has 4 heteroatoms. The molecule has 0 aromatic heterocycles. The van der Waals surface area contributed by atoms with Crippen LogP contribution in [0.1, 0.15) is 38.5 Å². The Morgan fingerprint density at radius 2 is 1.62 bits per heavy atom. The maximum Gasteiger partial charge on any atom is 0.389 e. The summed E-state index contributed by atoms with van der Waals surface area (Å²) in [5.74, 6) is 0. The fraction of sp³-hybridized carbons (Fsp3) is 1.00. The molecule has 0 aromatic rings. The summed E-state index contributed by atoms with van der Waals surface area (Å²) in [5.41, 5.74) is 5.59. The zero-order chi connectivity index (χ0) is 9.74. The molecule has 0 spiro atoms. The van der Waals surface area contributed by atoms with Gasteiger partial charge in [-0.3, -0.25) is 0 Å². The molecule has 0 aromatic carbocycles. The largest absolute Gasteiger partial charge is 0.389 e. The Balaban J connectivity index is 1.88. The highest BCUT2D eigenvalue weighted by Crippen LogP contribution is 2.65. The van der Waals surface area contributed by atoms with Gasteiger partial charge in [-0.05, 0) is 37.5 Å². The van der Waals surface area contributed by atoms with E-state index in [-0.39, 0.29) is 17.4 Å². The lowest BCUT2D eigenvalue weighted by molar-refractivity contribution is -0.138. The van der Waals surface area contributed by atoms with Crippen molar-refractivity contribution in [3.05, 3.63) is 0 Å². The van der Waals surface area contributed by atoms with Crippen molar-refractivity contribution in [2.75, 3.05) is 0 Å². The van der Waals surface area contributed by atoms with Gasteiger partial charge in [0.15, 0.2) is 0 Å². The fourth-order valence-corrected chi connectivity index (χ4v) is 2.19. The van der Waals surface area contributed by atoms with Crippen molar-refractivity contribution in [2.45, 2.75) is 50.2 Å². The smallest absolute Gasteiger partial charge is 0.325 e. The van der Waals surface area contributed by atoms with Crippen molar-refractivity contribution in [1.82, 2.24) is 0 Å². The van der Waals surface area contributed by atoms with E-state index in [9.17, 15) is 13.2 Å². The van der Waals surface area contributed by atoms with Gasteiger partial charge in [0.1, 0.15) is 0 Å². The Morgan fingerprint density at radius 3 is 1.92 bits per heavy atom. The van der Waals surface area contributed by atoms with Crippen LogP contribution in [-0.4, -0.2) is 11.7 Å². The molecule has 1 nitrogen and oxygen atoms in total. The molecule has 0 heterocycles. The van der Waals surface area contributed by atoms with E-state index in [1.807, 2.05) is 0 Å². The molecular weight excluding hydrogens is 179 g/mol. The van der Waals surface area contributed by atoms with E-state index in [0.29, 0.717) is 0 Å². The van der Waals surface area contributed by atoms with Gasteiger partial charge >= 0.3 is 6.18 Å². The first-order valence-corrected chi connectivity index (χ1v) is 4.73. The van der Waals surface area contributed by atoms with E-state index in [1.54, 1.807) is 0 Å². The number of alkyl halides is 3. The van der Waals surface area contributed by atoms with Gasteiger partial charge in [-0.2, -0.15) is 13.2 Å². The second-order valence-corrected chi connectivity index (χ2v) is 4.55. The van der Waals surface area contributed by atoms with Crippen LogP contribution in [0.5, 0.6) is 0 Å². The van der Waals surface area contributed by atoms with Crippen molar-refractivity contribution >= 4 is 0 Å². The lowest BCUT2D eigenvalue weighted by Gasteiger charge is -2.23. The molecule has 0 atom stereocenters. The Bertz CT molecular complexity index is 213. The van der Waals surface area contributed by atoms with Gasteiger partial charge in [0.25, 0.3) is 0 Å². The molecule has 2 fully saturated rings. The number of nitrogens with two attached hydrogens (primary N) is 1. The van der Waals surface area contributed by atoms with Crippen LogP contribution in [-0.2, 0) is 0 Å². The van der Waals surface area contributed by atoms with Gasteiger partial charge in [0.2, 0.25) is 0 Å². The van der Waals surface area contributed by atoms with E-state index in [0.717, 1.165) is 25.7 Å². The number of hydrogen-bond acceptors (Lipinski definition) is 1. The number of rotatable bonds is 3. The van der Waals surface area contributed by atoms with Crippen molar-refractivity contribution in [1.29, 1.82) is 0 Å². The molecule has 0 aliphatic heterocycles. The van der Waals surface area contributed by atoms with E-state index in [4.69, 9.17) is 5.73 Å². The second kappa shape index (κ2) is 2.41. The van der Waals surface area contributed by atoms with Gasteiger partial charge in [-0.1, -0.05) is 0 Å². The SMILES string of the molecule is NC1(C2(CCC(F)(F)F)CC2)CC1.